The number of benzene rings is 1. The summed E-state index contributed by atoms with van der Waals surface area (Å²) in [4.78, 5) is 24.8. The van der Waals surface area contributed by atoms with Crippen molar-refractivity contribution in [1.82, 2.24) is 4.90 Å². The van der Waals surface area contributed by atoms with Gasteiger partial charge < -0.3 is 14.7 Å². The average Bonchev–Trinajstić information content (AvgIpc) is 2.39. The van der Waals surface area contributed by atoms with Crippen molar-refractivity contribution in [2.45, 2.75) is 20.3 Å². The van der Waals surface area contributed by atoms with E-state index >= 15 is 0 Å². The fourth-order valence-electron chi connectivity index (χ4n) is 1.67. The van der Waals surface area contributed by atoms with Crippen molar-refractivity contribution >= 4 is 11.9 Å². The number of carbonyl (C=O) groups is 2. The molecular formula is C14H19NO4. The van der Waals surface area contributed by atoms with Crippen molar-refractivity contribution < 1.29 is 19.4 Å². The fourth-order valence-corrected chi connectivity index (χ4v) is 1.67. The van der Waals surface area contributed by atoms with Crippen LogP contribution in [0.15, 0.2) is 24.3 Å². The second kappa shape index (κ2) is 7.41. The van der Waals surface area contributed by atoms with Crippen molar-refractivity contribution in [3.63, 3.8) is 0 Å². The zero-order valence-corrected chi connectivity index (χ0v) is 11.3. The molecule has 1 rings (SSSR count). The Hall–Kier alpha value is -2.04. The molecule has 0 aliphatic rings. The van der Waals surface area contributed by atoms with E-state index in [0.717, 1.165) is 0 Å². The standard InChI is InChI=1S/C14H19NO4/c1-3-15(10-14(18)19-4-2)13(17)9-11-7-5-6-8-12(11)16/h5-8,16H,3-4,9-10H2,1-2H3. The second-order valence-corrected chi connectivity index (χ2v) is 4.02. The van der Waals surface area contributed by atoms with E-state index in [0.29, 0.717) is 18.7 Å². The minimum Gasteiger partial charge on any atom is -0.508 e. The highest BCUT2D eigenvalue weighted by atomic mass is 16.5. The number of aromatic hydroxyl groups is 1. The summed E-state index contributed by atoms with van der Waals surface area (Å²) >= 11 is 0. The number of amides is 1. The van der Waals surface area contributed by atoms with Crippen LogP contribution in [0.5, 0.6) is 5.75 Å². The molecule has 1 N–H and O–H groups in total. The Morgan fingerprint density at radius 2 is 1.95 bits per heavy atom. The highest BCUT2D eigenvalue weighted by Crippen LogP contribution is 2.16. The molecule has 1 amide bonds. The van der Waals surface area contributed by atoms with Crippen LogP contribution in [0.4, 0.5) is 0 Å². The minimum absolute atomic E-state index is 0.0588. The van der Waals surface area contributed by atoms with Crippen LogP contribution in [-0.2, 0) is 20.7 Å². The van der Waals surface area contributed by atoms with Crippen LogP contribution < -0.4 is 0 Å². The molecule has 5 nitrogen and oxygen atoms in total. The van der Waals surface area contributed by atoms with Crippen molar-refractivity contribution in [2.24, 2.45) is 0 Å². The van der Waals surface area contributed by atoms with Crippen LogP contribution in [-0.4, -0.2) is 41.6 Å². The topological polar surface area (TPSA) is 66.8 Å². The Kier molecular flexibility index (Phi) is 5.85. The fraction of sp³-hybridized carbons (Fsp3) is 0.429. The number of rotatable bonds is 6. The lowest BCUT2D eigenvalue weighted by molar-refractivity contribution is -0.148. The van der Waals surface area contributed by atoms with Crippen LogP contribution in [0.2, 0.25) is 0 Å². The molecule has 0 unspecified atom stereocenters. The van der Waals surface area contributed by atoms with Crippen molar-refractivity contribution in [2.75, 3.05) is 19.7 Å². The number of carbonyl (C=O) groups excluding carboxylic acids is 2. The van der Waals surface area contributed by atoms with Gasteiger partial charge in [0, 0.05) is 12.1 Å². The lowest BCUT2D eigenvalue weighted by atomic mass is 10.1. The quantitative estimate of drug-likeness (QED) is 0.788. The summed E-state index contributed by atoms with van der Waals surface area (Å²) < 4.78 is 4.82. The van der Waals surface area contributed by atoms with Crippen molar-refractivity contribution in [3.05, 3.63) is 29.8 Å². The average molecular weight is 265 g/mol. The summed E-state index contributed by atoms with van der Waals surface area (Å²) in [6.45, 7) is 4.17. The van der Waals surface area contributed by atoms with Gasteiger partial charge in [0.1, 0.15) is 12.3 Å². The van der Waals surface area contributed by atoms with Gasteiger partial charge in [-0.3, -0.25) is 9.59 Å². The summed E-state index contributed by atoms with van der Waals surface area (Å²) in [5, 5.41) is 9.62. The summed E-state index contributed by atoms with van der Waals surface area (Å²) in [7, 11) is 0. The van der Waals surface area contributed by atoms with Crippen molar-refractivity contribution in [1.29, 1.82) is 0 Å². The maximum Gasteiger partial charge on any atom is 0.325 e. The first kappa shape index (κ1) is 15.0. The first-order chi connectivity index (χ1) is 9.08. The number of para-hydroxylation sites is 1. The van der Waals surface area contributed by atoms with Crippen LogP contribution in [0.1, 0.15) is 19.4 Å². The molecule has 0 saturated heterocycles. The van der Waals surface area contributed by atoms with Gasteiger partial charge in [0.05, 0.1) is 13.0 Å². The van der Waals surface area contributed by atoms with Gasteiger partial charge in [-0.15, -0.1) is 0 Å². The highest BCUT2D eigenvalue weighted by Gasteiger charge is 2.17. The summed E-state index contributed by atoms with van der Waals surface area (Å²) in [6, 6.07) is 6.67. The molecule has 1 aromatic carbocycles. The second-order valence-electron chi connectivity index (χ2n) is 4.02. The molecule has 104 valence electrons. The van der Waals surface area contributed by atoms with Gasteiger partial charge in [0.2, 0.25) is 5.91 Å². The van der Waals surface area contributed by atoms with Crippen LogP contribution in [0.3, 0.4) is 0 Å². The summed E-state index contributed by atoms with van der Waals surface area (Å²) in [5.74, 6) is -0.546. The van der Waals surface area contributed by atoms with E-state index in [4.69, 9.17) is 4.74 Å². The Morgan fingerprint density at radius 3 is 2.53 bits per heavy atom. The van der Waals surface area contributed by atoms with Crippen LogP contribution in [0, 0.1) is 0 Å². The molecule has 0 aliphatic carbocycles. The Bertz CT molecular complexity index is 445. The van der Waals surface area contributed by atoms with E-state index in [1.807, 2.05) is 0 Å². The first-order valence-electron chi connectivity index (χ1n) is 6.28. The van der Waals surface area contributed by atoms with Gasteiger partial charge in [-0.25, -0.2) is 0 Å². The van der Waals surface area contributed by atoms with Gasteiger partial charge in [-0.1, -0.05) is 18.2 Å². The number of nitrogens with zero attached hydrogens (tertiary/aromatic N) is 1. The largest absolute Gasteiger partial charge is 0.508 e. The molecule has 0 spiro atoms. The predicted octanol–water partition coefficient (Wildman–Crippen LogP) is 1.35. The molecule has 0 atom stereocenters. The molecule has 0 bridgehead atoms. The van der Waals surface area contributed by atoms with E-state index in [-0.39, 0.29) is 24.6 Å². The SMILES string of the molecule is CCOC(=O)CN(CC)C(=O)Cc1ccccc1O. The Balaban J connectivity index is 2.64. The molecule has 0 fully saturated rings. The lowest BCUT2D eigenvalue weighted by Gasteiger charge is -2.20. The Morgan fingerprint density at radius 1 is 1.26 bits per heavy atom. The molecule has 0 radical (unpaired) electrons. The number of phenols is 1. The third kappa shape index (κ3) is 4.62. The molecule has 0 aromatic heterocycles. The maximum absolute atomic E-state index is 12.0. The lowest BCUT2D eigenvalue weighted by Crippen LogP contribution is -2.37. The van der Waals surface area contributed by atoms with E-state index in [9.17, 15) is 14.7 Å². The zero-order valence-electron chi connectivity index (χ0n) is 11.3. The Labute approximate surface area is 112 Å². The van der Waals surface area contributed by atoms with E-state index in [2.05, 4.69) is 0 Å². The minimum atomic E-state index is -0.421. The van der Waals surface area contributed by atoms with E-state index in [1.54, 1.807) is 32.0 Å². The molecular weight excluding hydrogens is 246 g/mol. The van der Waals surface area contributed by atoms with Gasteiger partial charge >= 0.3 is 5.97 Å². The monoisotopic (exact) mass is 265 g/mol. The molecule has 1 aromatic rings. The predicted molar refractivity (Wildman–Crippen MR) is 70.7 cm³/mol. The third-order valence-electron chi connectivity index (χ3n) is 2.69. The number of hydrogen-bond donors (Lipinski definition) is 1. The first-order valence-corrected chi connectivity index (χ1v) is 6.28. The molecule has 0 aliphatic heterocycles. The van der Waals surface area contributed by atoms with Gasteiger partial charge in [0.15, 0.2) is 0 Å². The number of hydrogen-bond acceptors (Lipinski definition) is 4. The van der Waals surface area contributed by atoms with Gasteiger partial charge in [0.25, 0.3) is 0 Å². The molecule has 5 heteroatoms. The van der Waals surface area contributed by atoms with Crippen molar-refractivity contribution in [3.8, 4) is 5.75 Å². The smallest absolute Gasteiger partial charge is 0.325 e. The molecule has 0 heterocycles. The third-order valence-corrected chi connectivity index (χ3v) is 2.69. The van der Waals surface area contributed by atoms with Gasteiger partial charge in [-0.05, 0) is 19.9 Å². The van der Waals surface area contributed by atoms with Crippen LogP contribution >= 0.6 is 0 Å². The molecule has 19 heavy (non-hydrogen) atoms. The summed E-state index contributed by atoms with van der Waals surface area (Å²) in [6.07, 6.45) is 0.0694. The number of likely N-dealkylation sites (N-methyl/N-ethyl adjacent to an activating group) is 1. The number of phenolic OH excluding ortho intramolecular Hbond substituents is 1. The number of ether oxygens (including phenoxy) is 1. The molecule has 0 saturated carbocycles. The normalized spacial score (nSPS) is 10.0. The van der Waals surface area contributed by atoms with Gasteiger partial charge in [-0.2, -0.15) is 0 Å². The maximum atomic E-state index is 12.0. The number of esters is 1. The highest BCUT2D eigenvalue weighted by molar-refractivity contribution is 5.84. The summed E-state index contributed by atoms with van der Waals surface area (Å²) in [5.41, 5.74) is 0.551. The van der Waals surface area contributed by atoms with Crippen LogP contribution in [0.25, 0.3) is 0 Å². The van der Waals surface area contributed by atoms with E-state index < -0.39 is 5.97 Å². The van der Waals surface area contributed by atoms with E-state index in [1.165, 1.54) is 11.0 Å². The zero-order chi connectivity index (χ0) is 14.3.